The van der Waals surface area contributed by atoms with E-state index in [1.807, 2.05) is 67.6 Å². The van der Waals surface area contributed by atoms with Gasteiger partial charge in [0.15, 0.2) is 7.14 Å². The predicted octanol–water partition coefficient (Wildman–Crippen LogP) is 4.94. The standard InChI is InChI=1S/C20H27O2P/c1-4-6-17-22-20(3,5-2)23(21,18-13-9-7-10-14-18)19-15-11-8-12-16-19/h7-16H,4-6,17H2,1-3H3. The van der Waals surface area contributed by atoms with Crippen LogP contribution in [0.15, 0.2) is 60.7 Å². The highest BCUT2D eigenvalue weighted by molar-refractivity contribution is 7.79. The van der Waals surface area contributed by atoms with Crippen molar-refractivity contribution in [3.63, 3.8) is 0 Å². The Morgan fingerprint density at radius 3 is 1.78 bits per heavy atom. The molecule has 0 aliphatic rings. The van der Waals surface area contributed by atoms with E-state index in [-0.39, 0.29) is 0 Å². The van der Waals surface area contributed by atoms with Gasteiger partial charge in [0.25, 0.3) is 0 Å². The first-order valence-electron chi connectivity index (χ1n) is 8.44. The molecule has 0 saturated carbocycles. The zero-order valence-electron chi connectivity index (χ0n) is 14.4. The van der Waals surface area contributed by atoms with Gasteiger partial charge in [-0.3, -0.25) is 0 Å². The lowest BCUT2D eigenvalue weighted by molar-refractivity contribution is 0.0268. The Labute approximate surface area is 140 Å². The maximum Gasteiger partial charge on any atom is 0.173 e. The Hall–Kier alpha value is -1.37. The zero-order valence-corrected chi connectivity index (χ0v) is 15.3. The van der Waals surface area contributed by atoms with Crippen molar-refractivity contribution in [3.05, 3.63) is 60.7 Å². The molecular weight excluding hydrogens is 303 g/mol. The highest BCUT2D eigenvalue weighted by Gasteiger charge is 2.46. The van der Waals surface area contributed by atoms with Gasteiger partial charge in [-0.15, -0.1) is 0 Å². The molecule has 1 atom stereocenters. The Morgan fingerprint density at radius 2 is 1.39 bits per heavy atom. The number of hydrogen-bond donors (Lipinski definition) is 0. The molecule has 0 aliphatic heterocycles. The molecule has 2 aromatic carbocycles. The van der Waals surface area contributed by atoms with Crippen LogP contribution in [0.5, 0.6) is 0 Å². The largest absolute Gasteiger partial charge is 0.367 e. The number of rotatable bonds is 8. The molecule has 0 aromatic heterocycles. The van der Waals surface area contributed by atoms with Crippen molar-refractivity contribution in [3.8, 4) is 0 Å². The summed E-state index contributed by atoms with van der Waals surface area (Å²) in [6.07, 6.45) is 2.76. The first-order valence-corrected chi connectivity index (χ1v) is 10.1. The summed E-state index contributed by atoms with van der Waals surface area (Å²) in [5, 5.41) is 1.05. The Morgan fingerprint density at radius 1 is 0.913 bits per heavy atom. The van der Waals surface area contributed by atoms with Gasteiger partial charge in [0.1, 0.15) is 5.34 Å². The first-order chi connectivity index (χ1) is 11.1. The van der Waals surface area contributed by atoms with Gasteiger partial charge in [0, 0.05) is 17.2 Å². The maximum atomic E-state index is 14.3. The second-order valence-corrected chi connectivity index (χ2v) is 9.21. The molecule has 0 radical (unpaired) electrons. The van der Waals surface area contributed by atoms with Crippen molar-refractivity contribution in [1.82, 2.24) is 0 Å². The summed E-state index contributed by atoms with van der Waals surface area (Å²) in [6, 6.07) is 19.6. The minimum absolute atomic E-state index is 0.643. The van der Waals surface area contributed by atoms with Gasteiger partial charge in [0.2, 0.25) is 0 Å². The van der Waals surface area contributed by atoms with E-state index in [4.69, 9.17) is 4.74 Å². The molecule has 3 heteroatoms. The van der Waals surface area contributed by atoms with Crippen molar-refractivity contribution < 1.29 is 9.30 Å². The Balaban J connectivity index is 2.55. The van der Waals surface area contributed by atoms with Crippen LogP contribution in [0.2, 0.25) is 0 Å². The lowest BCUT2D eigenvalue weighted by Gasteiger charge is -2.38. The average Bonchev–Trinajstić information content (AvgIpc) is 2.62. The molecule has 0 bridgehead atoms. The average molecular weight is 330 g/mol. The van der Waals surface area contributed by atoms with Gasteiger partial charge in [-0.2, -0.15) is 0 Å². The molecule has 0 N–H and O–H groups in total. The van der Waals surface area contributed by atoms with Gasteiger partial charge in [0.05, 0.1) is 0 Å². The van der Waals surface area contributed by atoms with Crippen LogP contribution in [0.4, 0.5) is 0 Å². The van der Waals surface area contributed by atoms with Gasteiger partial charge >= 0.3 is 0 Å². The van der Waals surface area contributed by atoms with E-state index < -0.39 is 12.5 Å². The van der Waals surface area contributed by atoms with E-state index in [1.165, 1.54) is 0 Å². The van der Waals surface area contributed by atoms with E-state index in [0.29, 0.717) is 13.0 Å². The monoisotopic (exact) mass is 330 g/mol. The maximum absolute atomic E-state index is 14.3. The summed E-state index contributed by atoms with van der Waals surface area (Å²) in [6.45, 7) is 6.85. The van der Waals surface area contributed by atoms with Gasteiger partial charge in [-0.1, -0.05) is 80.9 Å². The van der Waals surface area contributed by atoms with E-state index in [9.17, 15) is 4.57 Å². The van der Waals surface area contributed by atoms with E-state index in [2.05, 4.69) is 13.8 Å². The molecular formula is C20H27O2P. The predicted molar refractivity (Wildman–Crippen MR) is 99.3 cm³/mol. The quantitative estimate of drug-likeness (QED) is 0.506. The first kappa shape index (κ1) is 18.0. The fraction of sp³-hybridized carbons (Fsp3) is 0.400. The molecule has 0 aliphatic carbocycles. The minimum atomic E-state index is -2.91. The van der Waals surface area contributed by atoms with Crippen molar-refractivity contribution in [1.29, 1.82) is 0 Å². The number of ether oxygens (including phenoxy) is 1. The molecule has 1 unspecified atom stereocenters. The van der Waals surface area contributed by atoms with Crippen LogP contribution in [0.3, 0.4) is 0 Å². The third kappa shape index (κ3) is 3.59. The topological polar surface area (TPSA) is 26.3 Å². The van der Waals surface area contributed by atoms with Crippen LogP contribution in [0.25, 0.3) is 0 Å². The summed E-state index contributed by atoms with van der Waals surface area (Å²) in [7, 11) is -2.91. The summed E-state index contributed by atoms with van der Waals surface area (Å²) in [5.41, 5.74) is 0. The number of hydrogen-bond acceptors (Lipinski definition) is 2. The fourth-order valence-electron chi connectivity index (χ4n) is 2.82. The number of benzene rings is 2. The molecule has 0 fully saturated rings. The summed E-state index contributed by atoms with van der Waals surface area (Å²) in [5.74, 6) is 0. The van der Waals surface area contributed by atoms with E-state index in [0.717, 1.165) is 23.5 Å². The lowest BCUT2D eigenvalue weighted by Crippen LogP contribution is -2.38. The molecule has 124 valence electrons. The second kappa shape index (κ2) is 7.95. The van der Waals surface area contributed by atoms with Gasteiger partial charge in [-0.05, 0) is 19.8 Å². The third-order valence-corrected chi connectivity index (χ3v) is 8.30. The van der Waals surface area contributed by atoms with Crippen LogP contribution < -0.4 is 10.6 Å². The van der Waals surface area contributed by atoms with Crippen LogP contribution in [-0.4, -0.2) is 11.9 Å². The van der Waals surface area contributed by atoms with Crippen molar-refractivity contribution in [2.45, 2.75) is 45.4 Å². The van der Waals surface area contributed by atoms with Crippen LogP contribution >= 0.6 is 7.14 Å². The van der Waals surface area contributed by atoms with Crippen molar-refractivity contribution >= 4 is 17.8 Å². The van der Waals surface area contributed by atoms with Crippen molar-refractivity contribution in [2.24, 2.45) is 0 Å². The lowest BCUT2D eigenvalue weighted by atomic mass is 10.3. The molecule has 2 rings (SSSR count). The second-order valence-electron chi connectivity index (χ2n) is 6.01. The van der Waals surface area contributed by atoms with Crippen molar-refractivity contribution in [2.75, 3.05) is 6.61 Å². The molecule has 2 nitrogen and oxygen atoms in total. The minimum Gasteiger partial charge on any atom is -0.367 e. The van der Waals surface area contributed by atoms with Crippen LogP contribution in [-0.2, 0) is 9.30 Å². The molecule has 0 heterocycles. The molecule has 0 spiro atoms. The molecule has 0 saturated heterocycles. The normalized spacial score (nSPS) is 14.4. The van der Waals surface area contributed by atoms with Crippen LogP contribution in [0.1, 0.15) is 40.0 Å². The summed E-state index contributed by atoms with van der Waals surface area (Å²) in [4.78, 5) is 0. The fourth-order valence-corrected chi connectivity index (χ4v) is 6.12. The van der Waals surface area contributed by atoms with E-state index in [1.54, 1.807) is 0 Å². The molecule has 2 aromatic rings. The molecule has 23 heavy (non-hydrogen) atoms. The third-order valence-electron chi connectivity index (χ3n) is 4.47. The Bertz CT molecular complexity index is 596. The molecule has 0 amide bonds. The Kier molecular flexibility index (Phi) is 6.21. The summed E-state index contributed by atoms with van der Waals surface area (Å²) < 4.78 is 20.6. The van der Waals surface area contributed by atoms with Gasteiger partial charge in [-0.25, -0.2) is 0 Å². The number of unbranched alkanes of at least 4 members (excludes halogenated alkanes) is 1. The SMILES string of the molecule is CCCCOC(C)(CC)P(=O)(c1ccccc1)c1ccccc1. The highest BCUT2D eigenvalue weighted by atomic mass is 31.2. The smallest absolute Gasteiger partial charge is 0.173 e. The van der Waals surface area contributed by atoms with Gasteiger partial charge < -0.3 is 9.30 Å². The summed E-state index contributed by atoms with van der Waals surface area (Å²) >= 11 is 0. The van der Waals surface area contributed by atoms with Crippen LogP contribution in [0, 0.1) is 0 Å². The highest BCUT2D eigenvalue weighted by Crippen LogP contribution is 2.58. The zero-order chi connectivity index (χ0) is 16.8. The van der Waals surface area contributed by atoms with E-state index >= 15 is 0 Å².